The van der Waals surface area contributed by atoms with E-state index in [1.165, 1.54) is 6.07 Å². The van der Waals surface area contributed by atoms with Crippen molar-refractivity contribution in [3.8, 4) is 0 Å². The van der Waals surface area contributed by atoms with E-state index in [1.807, 2.05) is 13.1 Å². The first-order valence-corrected chi connectivity index (χ1v) is 7.07. The molecule has 1 aromatic carbocycles. The molecule has 1 aromatic rings. The van der Waals surface area contributed by atoms with E-state index >= 15 is 0 Å². The molecule has 1 amide bonds. The lowest BCUT2D eigenvalue weighted by Crippen LogP contribution is -2.36. The Bertz CT molecular complexity index is 470. The lowest BCUT2D eigenvalue weighted by atomic mass is 9.92. The number of anilines is 1. The summed E-state index contributed by atoms with van der Waals surface area (Å²) in [5.74, 6) is -0.0359. The summed E-state index contributed by atoms with van der Waals surface area (Å²) in [5.41, 5.74) is 6.91. The van der Waals surface area contributed by atoms with Crippen LogP contribution in [0.1, 0.15) is 24.8 Å². The Balaban J connectivity index is 2.07. The summed E-state index contributed by atoms with van der Waals surface area (Å²) in [5, 5.41) is 3.01. The van der Waals surface area contributed by atoms with Gasteiger partial charge in [-0.25, -0.2) is 4.39 Å². The number of amides is 1. The first kappa shape index (κ1) is 14.8. The molecule has 1 saturated heterocycles. The summed E-state index contributed by atoms with van der Waals surface area (Å²) in [6.07, 6.45) is 2.32. The third kappa shape index (κ3) is 3.48. The fraction of sp³-hybridized carbons (Fsp3) is 0.533. The van der Waals surface area contributed by atoms with Crippen LogP contribution in [-0.2, 0) is 11.3 Å². The molecule has 0 unspecified atom stereocenters. The van der Waals surface area contributed by atoms with Crippen molar-refractivity contribution >= 4 is 11.6 Å². The average molecular weight is 279 g/mol. The van der Waals surface area contributed by atoms with Gasteiger partial charge in [0.05, 0.1) is 0 Å². The fourth-order valence-corrected chi connectivity index (χ4v) is 2.86. The van der Waals surface area contributed by atoms with Gasteiger partial charge in [0.1, 0.15) is 5.82 Å². The molecule has 3 N–H and O–H groups in total. The van der Waals surface area contributed by atoms with Gasteiger partial charge in [-0.05, 0) is 37.9 Å². The number of rotatable bonds is 5. The van der Waals surface area contributed by atoms with Crippen LogP contribution in [-0.4, -0.2) is 26.0 Å². The van der Waals surface area contributed by atoms with E-state index < -0.39 is 0 Å². The molecule has 2 rings (SSSR count). The number of nitrogens with zero attached hydrogens (tertiary/aromatic N) is 1. The molecule has 1 fully saturated rings. The van der Waals surface area contributed by atoms with E-state index in [4.69, 9.17) is 5.73 Å². The quantitative estimate of drug-likeness (QED) is 0.861. The second kappa shape index (κ2) is 6.70. The highest BCUT2D eigenvalue weighted by atomic mass is 19.1. The number of halogens is 1. The Morgan fingerprint density at radius 1 is 1.45 bits per heavy atom. The molecule has 0 bridgehead atoms. The van der Waals surface area contributed by atoms with Crippen LogP contribution in [0.3, 0.4) is 0 Å². The standard InChI is InChI=1S/C15H22FN3O/c1-18-10-12-13(16)3-2-4-14(12)19-7-5-11(6-8-19)9-15(17)20/h2-4,11,18H,5-10H2,1H3,(H2,17,20). The topological polar surface area (TPSA) is 58.4 Å². The SMILES string of the molecule is CNCc1c(F)cccc1N1CCC(CC(N)=O)CC1. The van der Waals surface area contributed by atoms with E-state index in [-0.39, 0.29) is 11.7 Å². The number of nitrogens with two attached hydrogens (primary N) is 1. The lowest BCUT2D eigenvalue weighted by Gasteiger charge is -2.34. The normalized spacial score (nSPS) is 16.4. The monoisotopic (exact) mass is 279 g/mol. The Labute approximate surface area is 119 Å². The van der Waals surface area contributed by atoms with E-state index in [0.717, 1.165) is 31.6 Å². The number of hydrogen-bond donors (Lipinski definition) is 2. The molecule has 0 spiro atoms. The molecule has 0 atom stereocenters. The van der Waals surface area contributed by atoms with Gasteiger partial charge in [-0.2, -0.15) is 0 Å². The molecule has 0 aliphatic carbocycles. The van der Waals surface area contributed by atoms with Gasteiger partial charge in [0.25, 0.3) is 0 Å². The van der Waals surface area contributed by atoms with E-state index in [1.54, 1.807) is 6.07 Å². The lowest BCUT2D eigenvalue weighted by molar-refractivity contribution is -0.119. The molecule has 0 saturated carbocycles. The molecule has 1 aliphatic rings. The van der Waals surface area contributed by atoms with Crippen LogP contribution in [0.4, 0.5) is 10.1 Å². The van der Waals surface area contributed by atoms with Crippen LogP contribution in [0.25, 0.3) is 0 Å². The van der Waals surface area contributed by atoms with E-state index in [2.05, 4.69) is 10.2 Å². The second-order valence-electron chi connectivity index (χ2n) is 5.37. The first-order chi connectivity index (χ1) is 9.61. The predicted molar refractivity (Wildman–Crippen MR) is 77.9 cm³/mol. The summed E-state index contributed by atoms with van der Waals surface area (Å²) in [6.45, 7) is 2.21. The van der Waals surface area contributed by atoms with Gasteiger partial charge in [0.2, 0.25) is 5.91 Å². The smallest absolute Gasteiger partial charge is 0.217 e. The van der Waals surface area contributed by atoms with Crippen molar-refractivity contribution in [1.29, 1.82) is 0 Å². The third-order valence-electron chi connectivity index (χ3n) is 3.89. The van der Waals surface area contributed by atoms with Crippen molar-refractivity contribution in [2.45, 2.75) is 25.8 Å². The van der Waals surface area contributed by atoms with Gasteiger partial charge in [-0.1, -0.05) is 6.07 Å². The number of hydrogen-bond acceptors (Lipinski definition) is 3. The summed E-state index contributed by atoms with van der Waals surface area (Å²) in [7, 11) is 1.81. The Hall–Kier alpha value is -1.62. The number of primary amides is 1. The Morgan fingerprint density at radius 2 is 2.15 bits per heavy atom. The number of benzene rings is 1. The van der Waals surface area contributed by atoms with E-state index in [0.29, 0.717) is 24.4 Å². The summed E-state index contributed by atoms with van der Waals surface area (Å²) < 4.78 is 13.9. The van der Waals surface area contributed by atoms with Crippen LogP contribution in [0.2, 0.25) is 0 Å². The largest absolute Gasteiger partial charge is 0.371 e. The number of nitrogens with one attached hydrogen (secondary N) is 1. The fourth-order valence-electron chi connectivity index (χ4n) is 2.86. The van der Waals surface area contributed by atoms with Crippen molar-refractivity contribution in [1.82, 2.24) is 5.32 Å². The molecule has 5 heteroatoms. The summed E-state index contributed by atoms with van der Waals surface area (Å²) in [4.78, 5) is 13.2. The van der Waals surface area contributed by atoms with Crippen molar-refractivity contribution in [2.24, 2.45) is 11.7 Å². The molecule has 0 radical (unpaired) electrons. The van der Waals surface area contributed by atoms with Crippen LogP contribution in [0, 0.1) is 11.7 Å². The average Bonchev–Trinajstić information content (AvgIpc) is 2.42. The van der Waals surface area contributed by atoms with Gasteiger partial charge in [-0.15, -0.1) is 0 Å². The van der Waals surface area contributed by atoms with Crippen LogP contribution in [0.5, 0.6) is 0 Å². The van der Waals surface area contributed by atoms with Crippen LogP contribution >= 0.6 is 0 Å². The first-order valence-electron chi connectivity index (χ1n) is 7.07. The molecule has 1 aliphatic heterocycles. The maximum absolute atomic E-state index is 13.9. The number of carbonyl (C=O) groups excluding carboxylic acids is 1. The maximum Gasteiger partial charge on any atom is 0.217 e. The van der Waals surface area contributed by atoms with Crippen LogP contribution in [0.15, 0.2) is 18.2 Å². The highest BCUT2D eigenvalue weighted by molar-refractivity contribution is 5.74. The van der Waals surface area contributed by atoms with Crippen molar-refractivity contribution in [2.75, 3.05) is 25.0 Å². The predicted octanol–water partition coefficient (Wildman–Crippen LogP) is 1.64. The minimum atomic E-state index is -0.231. The Kier molecular flexibility index (Phi) is 4.95. The van der Waals surface area contributed by atoms with Gasteiger partial charge < -0.3 is 16.0 Å². The minimum absolute atomic E-state index is 0.170. The minimum Gasteiger partial charge on any atom is -0.371 e. The van der Waals surface area contributed by atoms with Gasteiger partial charge in [-0.3, -0.25) is 4.79 Å². The Morgan fingerprint density at radius 3 is 2.75 bits per heavy atom. The van der Waals surface area contributed by atoms with Crippen molar-refractivity contribution in [3.05, 3.63) is 29.6 Å². The summed E-state index contributed by atoms with van der Waals surface area (Å²) >= 11 is 0. The van der Waals surface area contributed by atoms with Crippen LogP contribution < -0.4 is 16.0 Å². The zero-order valence-electron chi connectivity index (χ0n) is 11.9. The zero-order valence-corrected chi connectivity index (χ0v) is 11.9. The maximum atomic E-state index is 13.9. The molecule has 20 heavy (non-hydrogen) atoms. The highest BCUT2D eigenvalue weighted by Crippen LogP contribution is 2.29. The highest BCUT2D eigenvalue weighted by Gasteiger charge is 2.22. The zero-order chi connectivity index (χ0) is 14.5. The molecule has 4 nitrogen and oxygen atoms in total. The van der Waals surface area contributed by atoms with Crippen molar-refractivity contribution in [3.63, 3.8) is 0 Å². The third-order valence-corrected chi connectivity index (χ3v) is 3.89. The summed E-state index contributed by atoms with van der Waals surface area (Å²) in [6, 6.07) is 5.21. The number of carbonyl (C=O) groups is 1. The van der Waals surface area contributed by atoms with E-state index in [9.17, 15) is 9.18 Å². The molecular weight excluding hydrogens is 257 g/mol. The van der Waals surface area contributed by atoms with Gasteiger partial charge in [0.15, 0.2) is 0 Å². The van der Waals surface area contributed by atoms with Gasteiger partial charge in [0, 0.05) is 37.3 Å². The second-order valence-corrected chi connectivity index (χ2v) is 5.37. The van der Waals surface area contributed by atoms with Gasteiger partial charge >= 0.3 is 0 Å². The molecule has 1 heterocycles. The molecule has 110 valence electrons. The van der Waals surface area contributed by atoms with Crippen molar-refractivity contribution < 1.29 is 9.18 Å². The number of piperidine rings is 1. The molecule has 0 aromatic heterocycles. The molecular formula is C15H22FN3O.